The van der Waals surface area contributed by atoms with Gasteiger partial charge < -0.3 is 19.5 Å². The molecule has 6 nitrogen and oxygen atoms in total. The van der Waals surface area contributed by atoms with Crippen LogP contribution in [-0.2, 0) is 14.3 Å². The van der Waals surface area contributed by atoms with Crippen molar-refractivity contribution in [2.24, 2.45) is 4.99 Å². The molecule has 0 bridgehead atoms. The summed E-state index contributed by atoms with van der Waals surface area (Å²) in [7, 11) is 1.62. The number of amides is 1. The molecule has 0 aromatic heterocycles. The van der Waals surface area contributed by atoms with Gasteiger partial charge in [0.2, 0.25) is 0 Å². The average molecular weight is 403 g/mol. The molecule has 7 heteroatoms. The molecule has 0 spiro atoms. The Balaban J connectivity index is 1.72. The summed E-state index contributed by atoms with van der Waals surface area (Å²) in [5.74, 6) is 0.570. The quantitative estimate of drug-likeness (QED) is 0.792. The van der Waals surface area contributed by atoms with Crippen molar-refractivity contribution in [2.75, 3.05) is 26.8 Å². The van der Waals surface area contributed by atoms with Crippen LogP contribution in [0.1, 0.15) is 20.3 Å². The summed E-state index contributed by atoms with van der Waals surface area (Å²) in [4.78, 5) is 20.2. The zero-order chi connectivity index (χ0) is 20.1. The number of aliphatic hydroxyl groups is 1. The van der Waals surface area contributed by atoms with Crippen molar-refractivity contribution < 1.29 is 19.4 Å². The number of nitrogens with zero attached hydrogens (tertiary/aromatic N) is 2. The summed E-state index contributed by atoms with van der Waals surface area (Å²) in [6.45, 7) is 4.68. The Morgan fingerprint density at radius 3 is 2.71 bits per heavy atom. The van der Waals surface area contributed by atoms with Gasteiger partial charge in [0.05, 0.1) is 12.1 Å². The predicted molar refractivity (Wildman–Crippen MR) is 110 cm³/mol. The minimum atomic E-state index is -0.925. The van der Waals surface area contributed by atoms with Crippen LogP contribution < -0.4 is 0 Å². The first-order valence-electron chi connectivity index (χ1n) is 9.25. The Bertz CT molecular complexity index is 796. The molecule has 0 fully saturated rings. The van der Waals surface area contributed by atoms with E-state index in [-0.39, 0.29) is 18.6 Å². The lowest BCUT2D eigenvalue weighted by Gasteiger charge is -2.33. The molecule has 1 unspecified atom stereocenters. The smallest absolute Gasteiger partial charge is 0.283 e. The van der Waals surface area contributed by atoms with Crippen LogP contribution in [0.4, 0.5) is 0 Å². The number of rotatable bonds is 6. The molecular weight excluding hydrogens is 376 g/mol. The Morgan fingerprint density at radius 2 is 2.04 bits per heavy atom. The maximum Gasteiger partial charge on any atom is 0.283 e. The van der Waals surface area contributed by atoms with E-state index in [1.165, 1.54) is 11.8 Å². The van der Waals surface area contributed by atoms with Crippen molar-refractivity contribution >= 4 is 22.7 Å². The zero-order valence-electron chi connectivity index (χ0n) is 16.4. The van der Waals surface area contributed by atoms with Crippen LogP contribution in [-0.4, -0.2) is 59.5 Å². The number of thioether (sulfide) groups is 1. The first-order valence-corrected chi connectivity index (χ1v) is 10.1. The lowest BCUT2D eigenvalue weighted by atomic mass is 10.0. The maximum atomic E-state index is 13.0. The first kappa shape index (κ1) is 20.6. The second-order valence-corrected chi connectivity index (χ2v) is 8.38. The summed E-state index contributed by atoms with van der Waals surface area (Å²) in [6, 6.07) is 9.77. The molecule has 1 heterocycles. The highest BCUT2D eigenvalue weighted by Gasteiger charge is 2.31. The number of hydrogen-bond donors (Lipinski definition) is 1. The third-order valence-corrected chi connectivity index (χ3v) is 5.34. The number of methoxy groups -OCH3 is 1. The zero-order valence-corrected chi connectivity index (χ0v) is 17.2. The van der Waals surface area contributed by atoms with Gasteiger partial charge in [0.1, 0.15) is 18.5 Å². The molecule has 3 rings (SSSR count). The topological polar surface area (TPSA) is 71.4 Å². The summed E-state index contributed by atoms with van der Waals surface area (Å²) < 4.78 is 11.3. The minimum absolute atomic E-state index is 0.0875. The highest BCUT2D eigenvalue weighted by atomic mass is 32.2. The van der Waals surface area contributed by atoms with Crippen LogP contribution in [0.3, 0.4) is 0 Å². The summed E-state index contributed by atoms with van der Waals surface area (Å²) in [5.41, 5.74) is -0.0417. The highest BCUT2D eigenvalue weighted by Crippen LogP contribution is 2.29. The molecule has 28 heavy (non-hydrogen) atoms. The van der Waals surface area contributed by atoms with Crippen molar-refractivity contribution in [1.29, 1.82) is 0 Å². The number of allylic oxidation sites excluding steroid dienone is 2. The minimum Gasteiger partial charge on any atom is -0.492 e. The molecule has 1 aromatic rings. The molecular formula is C21H26N2O4S. The third kappa shape index (κ3) is 5.25. The number of carbonyl (C=O) groups excluding carboxylic acids is 1. The number of ether oxygens (including phenoxy) is 2. The van der Waals surface area contributed by atoms with Gasteiger partial charge in [0, 0.05) is 30.7 Å². The van der Waals surface area contributed by atoms with E-state index in [2.05, 4.69) is 4.99 Å². The fraction of sp³-hybridized carbons (Fsp3) is 0.429. The fourth-order valence-corrected chi connectivity index (χ4v) is 3.80. The van der Waals surface area contributed by atoms with Crippen molar-refractivity contribution in [3.8, 4) is 0 Å². The van der Waals surface area contributed by atoms with Gasteiger partial charge >= 0.3 is 0 Å². The molecule has 1 atom stereocenters. The first-order chi connectivity index (χ1) is 13.4. The van der Waals surface area contributed by atoms with E-state index in [4.69, 9.17) is 9.47 Å². The monoisotopic (exact) mass is 402 g/mol. The maximum absolute atomic E-state index is 13.0. The van der Waals surface area contributed by atoms with Gasteiger partial charge in [-0.2, -0.15) is 0 Å². The average Bonchev–Trinajstić information content (AvgIpc) is 2.68. The fourth-order valence-electron chi connectivity index (χ4n) is 2.93. The predicted octanol–water partition coefficient (Wildman–Crippen LogP) is 2.99. The van der Waals surface area contributed by atoms with E-state index in [1.807, 2.05) is 42.5 Å². The van der Waals surface area contributed by atoms with E-state index >= 15 is 0 Å². The molecule has 2 aliphatic rings. The lowest BCUT2D eigenvalue weighted by molar-refractivity contribution is -0.122. The van der Waals surface area contributed by atoms with E-state index in [1.54, 1.807) is 25.9 Å². The van der Waals surface area contributed by atoms with Crippen molar-refractivity contribution in [3.05, 3.63) is 53.9 Å². The number of hydrogen-bond acceptors (Lipinski definition) is 6. The molecule has 1 aliphatic heterocycles. The lowest BCUT2D eigenvalue weighted by Crippen LogP contribution is -2.42. The van der Waals surface area contributed by atoms with Gasteiger partial charge in [0.25, 0.3) is 5.91 Å². The summed E-state index contributed by atoms with van der Waals surface area (Å²) >= 11 is 1.39. The summed E-state index contributed by atoms with van der Waals surface area (Å²) in [6.07, 6.45) is 3.95. The van der Waals surface area contributed by atoms with Crippen LogP contribution >= 0.6 is 11.8 Å². The Morgan fingerprint density at radius 1 is 1.29 bits per heavy atom. The second kappa shape index (κ2) is 8.94. The summed E-state index contributed by atoms with van der Waals surface area (Å²) in [5, 5.41) is 10.4. The van der Waals surface area contributed by atoms with Crippen LogP contribution in [0.25, 0.3) is 0 Å². The van der Waals surface area contributed by atoms with E-state index in [9.17, 15) is 9.90 Å². The number of benzene rings is 1. The molecule has 0 radical (unpaired) electrons. The van der Waals surface area contributed by atoms with Gasteiger partial charge in [0.15, 0.2) is 5.04 Å². The van der Waals surface area contributed by atoms with Crippen molar-refractivity contribution in [1.82, 2.24) is 4.90 Å². The van der Waals surface area contributed by atoms with E-state index < -0.39 is 5.60 Å². The van der Waals surface area contributed by atoms with Crippen LogP contribution in [0, 0.1) is 0 Å². The Hall–Kier alpha value is -2.09. The molecule has 0 saturated carbocycles. The molecule has 1 N–H and O–H groups in total. The van der Waals surface area contributed by atoms with Gasteiger partial charge in [-0.05, 0) is 38.1 Å². The molecule has 1 aromatic carbocycles. The number of aliphatic imine (C=N–C) groups is 1. The molecule has 1 aliphatic carbocycles. The van der Waals surface area contributed by atoms with Gasteiger partial charge in [-0.3, -0.25) is 9.79 Å². The van der Waals surface area contributed by atoms with Crippen molar-refractivity contribution in [3.63, 3.8) is 0 Å². The normalized spacial score (nSPS) is 20.4. The van der Waals surface area contributed by atoms with Crippen LogP contribution in [0.5, 0.6) is 0 Å². The number of carbonyl (C=O) groups is 1. The van der Waals surface area contributed by atoms with Gasteiger partial charge in [-0.25, -0.2) is 0 Å². The molecule has 0 saturated heterocycles. The van der Waals surface area contributed by atoms with Crippen molar-refractivity contribution in [2.45, 2.75) is 36.9 Å². The van der Waals surface area contributed by atoms with Gasteiger partial charge in [-0.1, -0.05) is 30.0 Å². The second-order valence-electron chi connectivity index (χ2n) is 7.32. The van der Waals surface area contributed by atoms with Gasteiger partial charge in [-0.15, -0.1) is 0 Å². The molecule has 150 valence electrons. The van der Waals surface area contributed by atoms with Crippen LogP contribution in [0.15, 0.2) is 63.8 Å². The van der Waals surface area contributed by atoms with E-state index in [0.717, 1.165) is 10.6 Å². The third-order valence-electron chi connectivity index (χ3n) is 4.34. The Kier molecular flexibility index (Phi) is 6.59. The Labute approximate surface area is 169 Å². The largest absolute Gasteiger partial charge is 0.492 e. The standard InChI is InChI=1S/C21H26N2O4S/c1-21(2,25)14-27-17-10-9-15(13-18(17)26-3)23-12-11-22-19(20(23)24)28-16-7-5-4-6-8-16/h4-10,18,25H,11-14H2,1-3H3. The SMILES string of the molecule is COC1CC(N2CCN=C(Sc3ccccc3)C2=O)=CC=C1OCC(C)(C)O. The highest BCUT2D eigenvalue weighted by molar-refractivity contribution is 8.15. The van der Waals surface area contributed by atoms with E-state index in [0.29, 0.717) is 30.3 Å². The van der Waals surface area contributed by atoms with Crippen LogP contribution in [0.2, 0.25) is 0 Å². The molecule has 1 amide bonds.